The molecule has 1 amide bonds. The van der Waals surface area contributed by atoms with Crippen LogP contribution in [0.2, 0.25) is 0 Å². The van der Waals surface area contributed by atoms with Gasteiger partial charge < -0.3 is 15.2 Å². The van der Waals surface area contributed by atoms with Gasteiger partial charge >= 0.3 is 12.1 Å². The third-order valence-corrected chi connectivity index (χ3v) is 3.92. The molecule has 0 saturated heterocycles. The molecule has 0 fully saturated rings. The fraction of sp³-hybridized carbons (Fsp3) is 0.222. The number of amides is 1. The average molecular weight is 311 g/mol. The molecule has 1 atom stereocenters. The summed E-state index contributed by atoms with van der Waals surface area (Å²) >= 11 is 0. The van der Waals surface area contributed by atoms with Crippen molar-refractivity contribution in [1.82, 2.24) is 5.32 Å². The summed E-state index contributed by atoms with van der Waals surface area (Å²) in [7, 11) is 0. The summed E-state index contributed by atoms with van der Waals surface area (Å²) in [6.07, 6.45) is 0.858. The van der Waals surface area contributed by atoms with Crippen molar-refractivity contribution in [3.05, 3.63) is 70.8 Å². The van der Waals surface area contributed by atoms with E-state index in [1.165, 1.54) is 0 Å². The maximum absolute atomic E-state index is 11.9. The van der Waals surface area contributed by atoms with Crippen molar-refractivity contribution < 1.29 is 19.4 Å². The predicted octanol–water partition coefficient (Wildman–Crippen LogP) is 2.78. The highest BCUT2D eigenvalue weighted by Gasteiger charge is 2.24. The molecule has 2 aromatic carbocycles. The highest BCUT2D eigenvalue weighted by molar-refractivity contribution is 5.88. The Morgan fingerprint density at radius 3 is 2.57 bits per heavy atom. The molecule has 0 aliphatic heterocycles. The summed E-state index contributed by atoms with van der Waals surface area (Å²) in [6, 6.07) is 14.5. The largest absolute Gasteiger partial charge is 0.478 e. The third-order valence-electron chi connectivity index (χ3n) is 3.92. The Balaban J connectivity index is 1.53. The van der Waals surface area contributed by atoms with Gasteiger partial charge in [-0.05, 0) is 41.7 Å². The SMILES string of the molecule is O=C(N[C@@H]1Cc2ccc(C(=O)O)cc2C1)OCc1ccccc1. The standard InChI is InChI=1S/C18H17NO4/c20-17(21)14-7-6-13-9-16(10-15(13)8-14)19-18(22)23-11-12-4-2-1-3-5-12/h1-8,16H,9-11H2,(H,19,22)(H,20,21)/t16-/m1/s1. The summed E-state index contributed by atoms with van der Waals surface area (Å²) in [5, 5.41) is 11.9. The van der Waals surface area contributed by atoms with Gasteiger partial charge in [0.15, 0.2) is 0 Å². The molecule has 0 radical (unpaired) electrons. The molecule has 23 heavy (non-hydrogen) atoms. The Morgan fingerprint density at radius 2 is 1.83 bits per heavy atom. The van der Waals surface area contributed by atoms with E-state index in [1.54, 1.807) is 12.1 Å². The summed E-state index contributed by atoms with van der Waals surface area (Å²) in [4.78, 5) is 22.9. The lowest BCUT2D eigenvalue weighted by Crippen LogP contribution is -2.35. The number of carbonyl (C=O) groups is 2. The molecule has 2 N–H and O–H groups in total. The van der Waals surface area contributed by atoms with Gasteiger partial charge in [0.05, 0.1) is 5.56 Å². The smallest absolute Gasteiger partial charge is 0.407 e. The average Bonchev–Trinajstić information content (AvgIpc) is 2.95. The number of carbonyl (C=O) groups excluding carboxylic acids is 1. The van der Waals surface area contributed by atoms with Gasteiger partial charge in [0.2, 0.25) is 0 Å². The van der Waals surface area contributed by atoms with Crippen molar-refractivity contribution in [3.8, 4) is 0 Å². The zero-order valence-corrected chi connectivity index (χ0v) is 12.5. The first-order chi connectivity index (χ1) is 11.1. The fourth-order valence-electron chi connectivity index (χ4n) is 2.78. The number of aromatic carboxylic acids is 1. The number of carboxylic acids is 1. The van der Waals surface area contributed by atoms with Crippen LogP contribution in [0.25, 0.3) is 0 Å². The minimum absolute atomic E-state index is 0.0580. The second-order valence-electron chi connectivity index (χ2n) is 5.60. The summed E-state index contributed by atoms with van der Waals surface area (Å²) in [5.41, 5.74) is 3.25. The summed E-state index contributed by atoms with van der Waals surface area (Å²) in [5.74, 6) is -0.938. The van der Waals surface area contributed by atoms with Crippen molar-refractivity contribution >= 4 is 12.1 Å². The molecule has 3 rings (SSSR count). The fourth-order valence-corrected chi connectivity index (χ4v) is 2.78. The van der Waals surface area contributed by atoms with Gasteiger partial charge in [0.1, 0.15) is 6.61 Å². The molecule has 118 valence electrons. The maximum Gasteiger partial charge on any atom is 0.407 e. The van der Waals surface area contributed by atoms with Crippen molar-refractivity contribution in [3.63, 3.8) is 0 Å². The van der Waals surface area contributed by atoms with E-state index in [0.29, 0.717) is 12.8 Å². The van der Waals surface area contributed by atoms with Crippen LogP contribution in [-0.4, -0.2) is 23.2 Å². The second kappa shape index (κ2) is 6.52. The Labute approximate surface area is 133 Å². The molecule has 0 aromatic heterocycles. The van der Waals surface area contributed by atoms with E-state index in [9.17, 15) is 9.59 Å². The van der Waals surface area contributed by atoms with E-state index in [2.05, 4.69) is 5.32 Å². The van der Waals surface area contributed by atoms with Gasteiger partial charge in [0, 0.05) is 6.04 Å². The molecule has 0 heterocycles. The number of alkyl carbamates (subject to hydrolysis) is 1. The molecule has 1 aliphatic rings. The number of carboxylic acid groups (broad SMARTS) is 1. The quantitative estimate of drug-likeness (QED) is 0.910. The molecule has 5 heteroatoms. The highest BCUT2D eigenvalue weighted by atomic mass is 16.5. The van der Waals surface area contributed by atoms with Crippen molar-refractivity contribution in [1.29, 1.82) is 0 Å². The van der Waals surface area contributed by atoms with Crippen molar-refractivity contribution in [2.45, 2.75) is 25.5 Å². The van der Waals surface area contributed by atoms with E-state index >= 15 is 0 Å². The van der Waals surface area contributed by atoms with E-state index in [-0.39, 0.29) is 18.2 Å². The van der Waals surface area contributed by atoms with E-state index in [1.807, 2.05) is 36.4 Å². The number of nitrogens with one attached hydrogen (secondary N) is 1. The normalized spacial score (nSPS) is 15.7. The predicted molar refractivity (Wildman–Crippen MR) is 84.4 cm³/mol. The minimum Gasteiger partial charge on any atom is -0.478 e. The Bertz CT molecular complexity index is 727. The first kappa shape index (κ1) is 15.1. The van der Waals surface area contributed by atoms with Crippen LogP contribution in [0, 0.1) is 0 Å². The van der Waals surface area contributed by atoms with Gasteiger partial charge in [-0.1, -0.05) is 36.4 Å². The Kier molecular flexibility index (Phi) is 4.28. The summed E-state index contributed by atoms with van der Waals surface area (Å²) in [6.45, 7) is 0.232. The van der Waals surface area contributed by atoms with Crippen LogP contribution >= 0.6 is 0 Å². The van der Waals surface area contributed by atoms with Gasteiger partial charge in [-0.25, -0.2) is 9.59 Å². The lowest BCUT2D eigenvalue weighted by molar-refractivity contribution is 0.0696. The van der Waals surface area contributed by atoms with Gasteiger partial charge in [-0.3, -0.25) is 0 Å². The van der Waals surface area contributed by atoms with Gasteiger partial charge in [-0.15, -0.1) is 0 Å². The highest BCUT2D eigenvalue weighted by Crippen LogP contribution is 2.23. The first-order valence-corrected chi connectivity index (χ1v) is 7.44. The Hall–Kier alpha value is -2.82. The lowest BCUT2D eigenvalue weighted by Gasteiger charge is -2.12. The number of fused-ring (bicyclic) bond motifs is 1. The van der Waals surface area contributed by atoms with Crippen LogP contribution in [0.15, 0.2) is 48.5 Å². The topological polar surface area (TPSA) is 75.6 Å². The van der Waals surface area contributed by atoms with Gasteiger partial charge in [-0.2, -0.15) is 0 Å². The lowest BCUT2D eigenvalue weighted by atomic mass is 10.1. The second-order valence-corrected chi connectivity index (χ2v) is 5.60. The van der Waals surface area contributed by atoms with Crippen LogP contribution in [0.4, 0.5) is 4.79 Å². The molecule has 5 nitrogen and oxygen atoms in total. The molecule has 1 aliphatic carbocycles. The third kappa shape index (κ3) is 3.69. The molecule has 2 aromatic rings. The van der Waals surface area contributed by atoms with Gasteiger partial charge in [0.25, 0.3) is 0 Å². The van der Waals surface area contributed by atoms with Crippen molar-refractivity contribution in [2.24, 2.45) is 0 Å². The number of hydrogen-bond donors (Lipinski definition) is 2. The molecular formula is C18H17NO4. The van der Waals surface area contributed by atoms with Crippen LogP contribution in [-0.2, 0) is 24.2 Å². The molecule has 0 saturated carbocycles. The zero-order valence-electron chi connectivity index (χ0n) is 12.5. The zero-order chi connectivity index (χ0) is 16.2. The number of benzene rings is 2. The van der Waals surface area contributed by atoms with Crippen LogP contribution in [0.3, 0.4) is 0 Å². The van der Waals surface area contributed by atoms with Crippen LogP contribution in [0.1, 0.15) is 27.0 Å². The number of ether oxygens (including phenoxy) is 1. The molecular weight excluding hydrogens is 294 g/mol. The maximum atomic E-state index is 11.9. The molecule has 0 unspecified atom stereocenters. The molecule has 0 spiro atoms. The Morgan fingerprint density at radius 1 is 1.09 bits per heavy atom. The monoisotopic (exact) mass is 311 g/mol. The van der Waals surface area contributed by atoms with E-state index < -0.39 is 12.1 Å². The van der Waals surface area contributed by atoms with Crippen LogP contribution in [0.5, 0.6) is 0 Å². The van der Waals surface area contributed by atoms with E-state index in [4.69, 9.17) is 9.84 Å². The number of rotatable bonds is 4. The minimum atomic E-state index is -0.938. The van der Waals surface area contributed by atoms with Crippen molar-refractivity contribution in [2.75, 3.05) is 0 Å². The number of hydrogen-bond acceptors (Lipinski definition) is 3. The first-order valence-electron chi connectivity index (χ1n) is 7.44. The molecule has 0 bridgehead atoms. The van der Waals surface area contributed by atoms with E-state index in [0.717, 1.165) is 16.7 Å². The summed E-state index contributed by atoms with van der Waals surface area (Å²) < 4.78 is 5.21. The van der Waals surface area contributed by atoms with Crippen LogP contribution < -0.4 is 5.32 Å².